The molecule has 1 atom stereocenters. The largest absolute Gasteiger partial charge is 0.338 e. The van der Waals surface area contributed by atoms with Gasteiger partial charge in [-0.25, -0.2) is 4.68 Å². The van der Waals surface area contributed by atoms with Gasteiger partial charge in [0.25, 0.3) is 0 Å². The van der Waals surface area contributed by atoms with Crippen LogP contribution < -0.4 is 5.84 Å². The Morgan fingerprint density at radius 1 is 1.24 bits per heavy atom. The standard InChI is InChI=1S/C21H22ClN5OS/c1-26(18-8-4-6-14-5-2-3-7-17(14)18)19(28)13-29-21-25-24-20(27(21)23)15-9-11-16(22)12-10-15/h2-3,5,7,9-12,18H,4,6,8,13,23H2,1H3. The molecule has 0 radical (unpaired) electrons. The zero-order chi connectivity index (χ0) is 20.4. The molecule has 1 amide bonds. The van der Waals surface area contributed by atoms with Gasteiger partial charge in [0, 0.05) is 17.6 Å². The summed E-state index contributed by atoms with van der Waals surface area (Å²) in [6.45, 7) is 0. The van der Waals surface area contributed by atoms with Gasteiger partial charge in [-0.05, 0) is 54.7 Å². The van der Waals surface area contributed by atoms with Crippen molar-refractivity contribution >= 4 is 29.3 Å². The van der Waals surface area contributed by atoms with Gasteiger partial charge in [-0.3, -0.25) is 4.79 Å². The van der Waals surface area contributed by atoms with E-state index in [-0.39, 0.29) is 17.7 Å². The highest BCUT2D eigenvalue weighted by atomic mass is 35.5. The van der Waals surface area contributed by atoms with E-state index in [9.17, 15) is 4.79 Å². The normalized spacial score (nSPS) is 15.7. The molecule has 0 saturated carbocycles. The van der Waals surface area contributed by atoms with E-state index in [0.29, 0.717) is 16.0 Å². The number of rotatable bonds is 5. The van der Waals surface area contributed by atoms with Crippen LogP contribution in [0.5, 0.6) is 0 Å². The van der Waals surface area contributed by atoms with E-state index >= 15 is 0 Å². The molecule has 2 aromatic carbocycles. The summed E-state index contributed by atoms with van der Waals surface area (Å²) in [5.74, 6) is 6.99. The summed E-state index contributed by atoms with van der Waals surface area (Å²) in [4.78, 5) is 14.7. The number of carbonyl (C=O) groups is 1. The lowest BCUT2D eigenvalue weighted by molar-refractivity contribution is -0.129. The number of aryl methyl sites for hydroxylation is 1. The summed E-state index contributed by atoms with van der Waals surface area (Å²) in [5, 5.41) is 9.44. The number of halogens is 1. The first-order chi connectivity index (χ1) is 14.0. The quantitative estimate of drug-likeness (QED) is 0.493. The zero-order valence-corrected chi connectivity index (χ0v) is 17.7. The summed E-state index contributed by atoms with van der Waals surface area (Å²) in [6, 6.07) is 15.7. The highest BCUT2D eigenvalue weighted by molar-refractivity contribution is 7.99. The summed E-state index contributed by atoms with van der Waals surface area (Å²) >= 11 is 7.23. The van der Waals surface area contributed by atoms with E-state index in [1.807, 2.05) is 30.1 Å². The lowest BCUT2D eigenvalue weighted by atomic mass is 9.87. The molecule has 8 heteroatoms. The monoisotopic (exact) mass is 427 g/mol. The number of benzene rings is 2. The van der Waals surface area contributed by atoms with Crippen molar-refractivity contribution in [3.8, 4) is 11.4 Å². The minimum atomic E-state index is 0.0488. The summed E-state index contributed by atoms with van der Waals surface area (Å²) in [6.07, 6.45) is 3.15. The first-order valence-electron chi connectivity index (χ1n) is 9.47. The molecule has 1 aromatic heterocycles. The molecule has 29 heavy (non-hydrogen) atoms. The van der Waals surface area contributed by atoms with Crippen LogP contribution in [0, 0.1) is 0 Å². The van der Waals surface area contributed by atoms with Crippen LogP contribution in [-0.2, 0) is 11.2 Å². The minimum absolute atomic E-state index is 0.0488. The molecule has 0 bridgehead atoms. The van der Waals surface area contributed by atoms with Crippen molar-refractivity contribution in [2.45, 2.75) is 30.5 Å². The van der Waals surface area contributed by atoms with E-state index in [4.69, 9.17) is 17.4 Å². The summed E-state index contributed by atoms with van der Waals surface area (Å²) < 4.78 is 1.41. The second kappa shape index (κ2) is 8.47. The van der Waals surface area contributed by atoms with Gasteiger partial charge < -0.3 is 10.7 Å². The first-order valence-corrected chi connectivity index (χ1v) is 10.8. The first kappa shape index (κ1) is 19.8. The van der Waals surface area contributed by atoms with Crippen LogP contribution in [-0.4, -0.2) is 38.5 Å². The average Bonchev–Trinajstić information content (AvgIpc) is 3.12. The molecule has 150 valence electrons. The topological polar surface area (TPSA) is 77.0 Å². The Balaban J connectivity index is 1.43. The van der Waals surface area contributed by atoms with E-state index in [1.165, 1.54) is 27.6 Å². The Bertz CT molecular complexity index is 1020. The fourth-order valence-electron chi connectivity index (χ4n) is 3.70. The Labute approximate surface area is 179 Å². The molecule has 0 saturated heterocycles. The maximum atomic E-state index is 12.8. The molecule has 1 aliphatic carbocycles. The second-order valence-corrected chi connectivity index (χ2v) is 8.46. The van der Waals surface area contributed by atoms with Gasteiger partial charge in [0.15, 0.2) is 5.82 Å². The van der Waals surface area contributed by atoms with Crippen LogP contribution >= 0.6 is 23.4 Å². The molecule has 2 N–H and O–H groups in total. The van der Waals surface area contributed by atoms with Crippen LogP contribution in [0.2, 0.25) is 5.02 Å². The molecule has 6 nitrogen and oxygen atoms in total. The molecule has 3 aromatic rings. The van der Waals surface area contributed by atoms with Crippen LogP contribution in [0.4, 0.5) is 0 Å². The maximum absolute atomic E-state index is 12.8. The molecule has 4 rings (SSSR count). The smallest absolute Gasteiger partial charge is 0.233 e. The predicted octanol–water partition coefficient (Wildman–Crippen LogP) is 3.94. The maximum Gasteiger partial charge on any atom is 0.233 e. The van der Waals surface area contributed by atoms with Crippen LogP contribution in [0.3, 0.4) is 0 Å². The molecule has 1 aliphatic rings. The van der Waals surface area contributed by atoms with Gasteiger partial charge in [0.2, 0.25) is 11.1 Å². The van der Waals surface area contributed by atoms with Gasteiger partial charge in [-0.1, -0.05) is 47.6 Å². The fraction of sp³-hybridized carbons (Fsp3) is 0.286. The number of carbonyl (C=O) groups excluding carboxylic acids is 1. The molecule has 1 heterocycles. The van der Waals surface area contributed by atoms with Gasteiger partial charge in [-0.15, -0.1) is 10.2 Å². The highest BCUT2D eigenvalue weighted by Crippen LogP contribution is 2.34. The third-order valence-corrected chi connectivity index (χ3v) is 6.47. The van der Waals surface area contributed by atoms with Crippen molar-refractivity contribution in [2.75, 3.05) is 18.6 Å². The van der Waals surface area contributed by atoms with Gasteiger partial charge >= 0.3 is 0 Å². The number of amides is 1. The van der Waals surface area contributed by atoms with Gasteiger partial charge in [-0.2, -0.15) is 0 Å². The third-order valence-electron chi connectivity index (χ3n) is 5.29. The number of nitrogens with zero attached hydrogens (tertiary/aromatic N) is 4. The Hall–Kier alpha value is -2.51. The molecular formula is C21H22ClN5OS. The Kier molecular flexibility index (Phi) is 5.78. The van der Waals surface area contributed by atoms with Crippen molar-refractivity contribution < 1.29 is 4.79 Å². The van der Waals surface area contributed by atoms with Gasteiger partial charge in [0.05, 0.1) is 11.8 Å². The number of nitrogens with two attached hydrogens (primary N) is 1. The number of nitrogen functional groups attached to an aromatic ring is 1. The van der Waals surface area contributed by atoms with Crippen LogP contribution in [0.25, 0.3) is 11.4 Å². The third kappa shape index (κ3) is 4.11. The SMILES string of the molecule is CN(C(=O)CSc1nnc(-c2ccc(Cl)cc2)n1N)C1CCCc2ccccc21. The molecule has 0 aliphatic heterocycles. The summed E-state index contributed by atoms with van der Waals surface area (Å²) in [7, 11) is 1.88. The number of fused-ring (bicyclic) bond motifs is 1. The van der Waals surface area contributed by atoms with Gasteiger partial charge in [0.1, 0.15) is 0 Å². The van der Waals surface area contributed by atoms with Crippen molar-refractivity contribution in [1.29, 1.82) is 0 Å². The fourth-order valence-corrected chi connectivity index (χ4v) is 4.61. The second-order valence-electron chi connectivity index (χ2n) is 7.08. The molecular weight excluding hydrogens is 406 g/mol. The lowest BCUT2D eigenvalue weighted by Crippen LogP contribution is -2.34. The Morgan fingerprint density at radius 2 is 2.00 bits per heavy atom. The van der Waals surface area contributed by atoms with Crippen molar-refractivity contribution in [2.24, 2.45) is 0 Å². The van der Waals surface area contributed by atoms with E-state index in [0.717, 1.165) is 24.8 Å². The van der Waals surface area contributed by atoms with E-state index < -0.39 is 0 Å². The predicted molar refractivity (Wildman–Crippen MR) is 116 cm³/mol. The Morgan fingerprint density at radius 3 is 2.79 bits per heavy atom. The number of hydrogen-bond acceptors (Lipinski definition) is 5. The minimum Gasteiger partial charge on any atom is -0.338 e. The number of thioether (sulfide) groups is 1. The summed E-state index contributed by atoms with van der Waals surface area (Å²) in [5.41, 5.74) is 3.41. The number of aromatic nitrogens is 3. The van der Waals surface area contributed by atoms with Crippen LogP contribution in [0.1, 0.15) is 30.0 Å². The van der Waals surface area contributed by atoms with Crippen molar-refractivity contribution in [1.82, 2.24) is 19.8 Å². The van der Waals surface area contributed by atoms with Crippen molar-refractivity contribution in [3.05, 3.63) is 64.7 Å². The van der Waals surface area contributed by atoms with Crippen LogP contribution in [0.15, 0.2) is 53.7 Å². The zero-order valence-electron chi connectivity index (χ0n) is 16.1. The highest BCUT2D eigenvalue weighted by Gasteiger charge is 2.26. The lowest BCUT2D eigenvalue weighted by Gasteiger charge is -2.33. The molecule has 0 spiro atoms. The number of hydrogen-bond donors (Lipinski definition) is 1. The molecule has 1 unspecified atom stereocenters. The average molecular weight is 428 g/mol. The molecule has 0 fully saturated rings. The van der Waals surface area contributed by atoms with Crippen molar-refractivity contribution in [3.63, 3.8) is 0 Å². The van der Waals surface area contributed by atoms with E-state index in [2.05, 4.69) is 28.4 Å². The van der Waals surface area contributed by atoms with E-state index in [1.54, 1.807) is 12.1 Å².